The van der Waals surface area contributed by atoms with Crippen LogP contribution in [-0.4, -0.2) is 22.1 Å². The van der Waals surface area contributed by atoms with E-state index in [9.17, 15) is 4.79 Å². The number of carbonyl (C=O) groups is 1. The van der Waals surface area contributed by atoms with Gasteiger partial charge in [0.2, 0.25) is 0 Å². The highest BCUT2D eigenvalue weighted by Crippen LogP contribution is 2.37. The van der Waals surface area contributed by atoms with Gasteiger partial charge in [0, 0.05) is 17.6 Å². The Labute approximate surface area is 200 Å². The summed E-state index contributed by atoms with van der Waals surface area (Å²) in [6, 6.07) is 26.2. The lowest BCUT2D eigenvalue weighted by Crippen LogP contribution is -2.38. The lowest BCUT2D eigenvalue weighted by atomic mass is 10.0. The molecule has 3 aromatic carbocycles. The zero-order valence-electron chi connectivity index (χ0n) is 19.8. The maximum Gasteiger partial charge on any atom is 0.322 e. The van der Waals surface area contributed by atoms with Crippen LogP contribution in [0, 0.1) is 13.8 Å². The molecule has 5 rings (SSSR count). The number of rotatable bonds is 4. The molecule has 1 N–H and O–H groups in total. The maximum atomic E-state index is 13.8. The van der Waals surface area contributed by atoms with E-state index in [0.717, 1.165) is 39.5 Å². The third-order valence-electron chi connectivity index (χ3n) is 6.36. The zero-order chi connectivity index (χ0) is 23.7. The summed E-state index contributed by atoms with van der Waals surface area (Å²) in [7, 11) is 0. The van der Waals surface area contributed by atoms with Crippen LogP contribution in [0.2, 0.25) is 0 Å². The molecule has 1 aliphatic rings. The predicted molar refractivity (Wildman–Crippen MR) is 136 cm³/mol. The molecular weight excluding hydrogens is 422 g/mol. The number of hydrogen-bond acceptors (Lipinski definition) is 2. The Bertz CT molecular complexity index is 1320. The average Bonchev–Trinajstić information content (AvgIpc) is 3.26. The van der Waals surface area contributed by atoms with Crippen molar-refractivity contribution in [2.75, 3.05) is 11.9 Å². The summed E-state index contributed by atoms with van der Waals surface area (Å²) in [5, 5.41) is 3.17. The van der Waals surface area contributed by atoms with Crippen LogP contribution < -0.4 is 10.1 Å². The van der Waals surface area contributed by atoms with Crippen LogP contribution >= 0.6 is 0 Å². The monoisotopic (exact) mass is 451 g/mol. The van der Waals surface area contributed by atoms with Gasteiger partial charge < -0.3 is 19.5 Å². The molecule has 0 fully saturated rings. The fraction of sp³-hybridized carbons (Fsp3) is 0.207. The average molecular weight is 452 g/mol. The Kier molecular flexibility index (Phi) is 5.84. The first-order valence-electron chi connectivity index (χ1n) is 11.7. The van der Waals surface area contributed by atoms with Gasteiger partial charge in [-0.2, -0.15) is 0 Å². The Morgan fingerprint density at radius 2 is 1.79 bits per heavy atom. The van der Waals surface area contributed by atoms with E-state index >= 15 is 0 Å². The van der Waals surface area contributed by atoms with Crippen molar-refractivity contribution in [2.24, 2.45) is 0 Å². The number of fused-ring (bicyclic) bond motifs is 3. The van der Waals surface area contributed by atoms with Crippen LogP contribution in [-0.2, 0) is 6.54 Å². The number of anilines is 1. The molecule has 1 aliphatic heterocycles. The molecule has 0 saturated carbocycles. The second-order valence-corrected chi connectivity index (χ2v) is 8.71. The van der Waals surface area contributed by atoms with E-state index in [1.165, 1.54) is 5.56 Å². The normalized spacial score (nSPS) is 14.7. The summed E-state index contributed by atoms with van der Waals surface area (Å²) < 4.78 is 7.85. The van der Waals surface area contributed by atoms with Crippen molar-refractivity contribution in [2.45, 2.75) is 33.4 Å². The molecule has 0 saturated heterocycles. The molecule has 5 nitrogen and oxygen atoms in total. The predicted octanol–water partition coefficient (Wildman–Crippen LogP) is 6.63. The zero-order valence-corrected chi connectivity index (χ0v) is 19.8. The summed E-state index contributed by atoms with van der Waals surface area (Å²) in [5.41, 5.74) is 7.32. The Morgan fingerprint density at radius 3 is 2.56 bits per heavy atom. The van der Waals surface area contributed by atoms with Crippen molar-refractivity contribution in [1.82, 2.24) is 9.47 Å². The Hall–Kier alpha value is -3.99. The minimum Gasteiger partial charge on any atom is -0.494 e. The van der Waals surface area contributed by atoms with Gasteiger partial charge in [-0.15, -0.1) is 0 Å². The van der Waals surface area contributed by atoms with Crippen LogP contribution in [0.15, 0.2) is 85.1 Å². The number of para-hydroxylation sites is 1. The molecular formula is C29H29N3O2. The minimum atomic E-state index is -0.260. The summed E-state index contributed by atoms with van der Waals surface area (Å²) in [5.74, 6) is 0.824. The van der Waals surface area contributed by atoms with E-state index in [1.54, 1.807) is 0 Å². The summed E-state index contributed by atoms with van der Waals surface area (Å²) in [6.45, 7) is 7.16. The van der Waals surface area contributed by atoms with E-state index in [-0.39, 0.29) is 12.1 Å². The Morgan fingerprint density at radius 1 is 1.00 bits per heavy atom. The molecule has 5 heteroatoms. The van der Waals surface area contributed by atoms with Gasteiger partial charge in [0.05, 0.1) is 24.9 Å². The smallest absolute Gasteiger partial charge is 0.322 e. The number of carbonyl (C=O) groups excluding carboxylic acids is 1. The number of aryl methyl sites for hydroxylation is 2. The SMILES string of the molecule is CCOc1ccc(C2c3cccn3-c3ccccc3CN2C(=O)Nc2ccc(C)cc2C)cc1. The van der Waals surface area contributed by atoms with E-state index in [4.69, 9.17) is 4.74 Å². The second-order valence-electron chi connectivity index (χ2n) is 8.71. The van der Waals surface area contributed by atoms with Crippen LogP contribution in [0.25, 0.3) is 5.69 Å². The molecule has 172 valence electrons. The van der Waals surface area contributed by atoms with E-state index in [1.807, 2.05) is 61.2 Å². The third-order valence-corrected chi connectivity index (χ3v) is 6.36. The highest BCUT2D eigenvalue weighted by atomic mass is 16.5. The number of hydrogen-bond donors (Lipinski definition) is 1. The number of nitrogens with one attached hydrogen (secondary N) is 1. The first kappa shape index (κ1) is 21.8. The number of nitrogens with zero attached hydrogens (tertiary/aromatic N) is 2. The van der Waals surface area contributed by atoms with Gasteiger partial charge in [0.15, 0.2) is 0 Å². The van der Waals surface area contributed by atoms with Crippen molar-refractivity contribution in [3.63, 3.8) is 0 Å². The summed E-state index contributed by atoms with van der Waals surface area (Å²) >= 11 is 0. The quantitative estimate of drug-likeness (QED) is 0.378. The second kappa shape index (κ2) is 9.10. The minimum absolute atomic E-state index is 0.129. The molecule has 0 bridgehead atoms. The van der Waals surface area contributed by atoms with Crippen molar-refractivity contribution in [1.29, 1.82) is 0 Å². The van der Waals surface area contributed by atoms with Crippen LogP contribution in [0.3, 0.4) is 0 Å². The molecule has 1 unspecified atom stereocenters. The number of amides is 2. The van der Waals surface area contributed by atoms with Crippen LogP contribution in [0.5, 0.6) is 5.75 Å². The summed E-state index contributed by atoms with van der Waals surface area (Å²) in [4.78, 5) is 15.8. The van der Waals surface area contributed by atoms with Crippen molar-refractivity contribution >= 4 is 11.7 Å². The lowest BCUT2D eigenvalue weighted by Gasteiger charge is -2.31. The third kappa shape index (κ3) is 4.05. The first-order chi connectivity index (χ1) is 16.5. The largest absolute Gasteiger partial charge is 0.494 e. The standard InChI is InChI=1S/C29H29N3O2/c1-4-34-24-14-12-22(13-15-24)28-27-10-7-17-31(27)26-9-6-5-8-23(26)19-32(28)29(33)30-25-16-11-20(2)18-21(25)3/h5-18,28H,4,19H2,1-3H3,(H,30,33). The highest BCUT2D eigenvalue weighted by Gasteiger charge is 2.33. The fourth-order valence-corrected chi connectivity index (χ4v) is 4.74. The highest BCUT2D eigenvalue weighted by molar-refractivity contribution is 5.91. The topological polar surface area (TPSA) is 46.5 Å². The Balaban J connectivity index is 1.60. The molecule has 0 radical (unpaired) electrons. The molecule has 0 aliphatic carbocycles. The van der Waals surface area contributed by atoms with Gasteiger partial charge in [-0.3, -0.25) is 0 Å². The van der Waals surface area contributed by atoms with E-state index in [2.05, 4.69) is 59.4 Å². The number of urea groups is 1. The molecule has 4 aromatic rings. The molecule has 1 aromatic heterocycles. The molecule has 34 heavy (non-hydrogen) atoms. The van der Waals surface area contributed by atoms with Crippen LogP contribution in [0.1, 0.15) is 40.9 Å². The van der Waals surface area contributed by atoms with Crippen molar-refractivity contribution in [3.8, 4) is 11.4 Å². The lowest BCUT2D eigenvalue weighted by molar-refractivity contribution is 0.194. The summed E-state index contributed by atoms with van der Waals surface area (Å²) in [6.07, 6.45) is 2.07. The number of aromatic nitrogens is 1. The van der Waals surface area contributed by atoms with Gasteiger partial charge in [-0.1, -0.05) is 48.0 Å². The molecule has 0 spiro atoms. The fourth-order valence-electron chi connectivity index (χ4n) is 4.74. The van der Waals surface area contributed by atoms with Gasteiger partial charge in [-0.05, 0) is 73.9 Å². The van der Waals surface area contributed by atoms with Crippen molar-refractivity contribution in [3.05, 3.63) is 113 Å². The molecule has 2 amide bonds. The number of benzene rings is 3. The van der Waals surface area contributed by atoms with Crippen LogP contribution in [0.4, 0.5) is 10.5 Å². The molecule has 2 heterocycles. The van der Waals surface area contributed by atoms with Gasteiger partial charge >= 0.3 is 6.03 Å². The first-order valence-corrected chi connectivity index (χ1v) is 11.7. The van der Waals surface area contributed by atoms with E-state index < -0.39 is 0 Å². The van der Waals surface area contributed by atoms with Gasteiger partial charge in [-0.25, -0.2) is 4.79 Å². The van der Waals surface area contributed by atoms with Gasteiger partial charge in [0.25, 0.3) is 0 Å². The molecule has 1 atom stereocenters. The van der Waals surface area contributed by atoms with Gasteiger partial charge in [0.1, 0.15) is 5.75 Å². The maximum absolute atomic E-state index is 13.8. The van der Waals surface area contributed by atoms with Crippen molar-refractivity contribution < 1.29 is 9.53 Å². The van der Waals surface area contributed by atoms with E-state index in [0.29, 0.717) is 13.2 Å². The number of ether oxygens (including phenoxy) is 1.